The molecule has 5 heteroatoms. The standard InChI is InChI=1S/C16H22ClN3O/c1-5-11-13(17)12(20(6-2)19-11)9-16(10-18)8-7-15(3,4)14(16)21/h5-9H2,1-4H3. The highest BCUT2D eigenvalue weighted by atomic mass is 35.5. The summed E-state index contributed by atoms with van der Waals surface area (Å²) in [6.07, 6.45) is 2.46. The molecule has 1 fully saturated rings. The van der Waals surface area contributed by atoms with Crippen molar-refractivity contribution < 1.29 is 4.79 Å². The molecule has 1 aliphatic carbocycles. The first kappa shape index (κ1) is 16.0. The molecular formula is C16H22ClN3O. The third-order valence-corrected chi connectivity index (χ3v) is 5.04. The highest BCUT2D eigenvalue weighted by molar-refractivity contribution is 6.32. The summed E-state index contributed by atoms with van der Waals surface area (Å²) >= 11 is 6.42. The van der Waals surface area contributed by atoms with Crippen molar-refractivity contribution in [2.24, 2.45) is 10.8 Å². The van der Waals surface area contributed by atoms with Gasteiger partial charge in [0.2, 0.25) is 0 Å². The van der Waals surface area contributed by atoms with Gasteiger partial charge in [-0.3, -0.25) is 9.48 Å². The summed E-state index contributed by atoms with van der Waals surface area (Å²) in [6, 6.07) is 2.29. The molecular weight excluding hydrogens is 286 g/mol. The first-order valence-corrected chi connectivity index (χ1v) is 7.89. The number of aromatic nitrogens is 2. The molecule has 0 saturated heterocycles. The third kappa shape index (κ3) is 2.48. The highest BCUT2D eigenvalue weighted by Gasteiger charge is 2.53. The monoisotopic (exact) mass is 307 g/mol. The van der Waals surface area contributed by atoms with E-state index in [-0.39, 0.29) is 5.78 Å². The van der Waals surface area contributed by atoms with Gasteiger partial charge in [-0.05, 0) is 26.2 Å². The predicted molar refractivity (Wildman–Crippen MR) is 82.1 cm³/mol. The minimum Gasteiger partial charge on any atom is -0.297 e. The van der Waals surface area contributed by atoms with Gasteiger partial charge in [-0.15, -0.1) is 0 Å². The molecule has 1 unspecified atom stereocenters. The largest absolute Gasteiger partial charge is 0.297 e. The van der Waals surface area contributed by atoms with Crippen LogP contribution < -0.4 is 0 Å². The molecule has 1 heterocycles. The summed E-state index contributed by atoms with van der Waals surface area (Å²) in [5.74, 6) is 0.0375. The summed E-state index contributed by atoms with van der Waals surface area (Å²) in [4.78, 5) is 12.7. The van der Waals surface area contributed by atoms with Crippen molar-refractivity contribution in [3.63, 3.8) is 0 Å². The molecule has 0 spiro atoms. The van der Waals surface area contributed by atoms with E-state index in [2.05, 4.69) is 11.2 Å². The Morgan fingerprint density at radius 3 is 2.48 bits per heavy atom. The van der Waals surface area contributed by atoms with E-state index in [1.807, 2.05) is 32.4 Å². The maximum atomic E-state index is 12.7. The first-order chi connectivity index (χ1) is 9.81. The van der Waals surface area contributed by atoms with E-state index in [9.17, 15) is 10.1 Å². The fourth-order valence-corrected chi connectivity index (χ4v) is 3.52. The van der Waals surface area contributed by atoms with Gasteiger partial charge in [0.05, 0.1) is 22.5 Å². The second kappa shape index (κ2) is 5.46. The van der Waals surface area contributed by atoms with E-state index in [4.69, 9.17) is 11.6 Å². The van der Waals surface area contributed by atoms with Crippen LogP contribution in [0.4, 0.5) is 0 Å². The Bertz CT molecular complexity index is 612. The lowest BCUT2D eigenvalue weighted by molar-refractivity contribution is -0.130. The molecule has 4 nitrogen and oxygen atoms in total. The second-order valence-electron chi connectivity index (χ2n) is 6.46. The average molecular weight is 308 g/mol. The fraction of sp³-hybridized carbons (Fsp3) is 0.688. The molecule has 1 atom stereocenters. The Morgan fingerprint density at radius 2 is 2.05 bits per heavy atom. The van der Waals surface area contributed by atoms with Crippen LogP contribution >= 0.6 is 11.6 Å². The van der Waals surface area contributed by atoms with Gasteiger partial charge in [-0.1, -0.05) is 32.4 Å². The Morgan fingerprint density at radius 1 is 1.38 bits per heavy atom. The van der Waals surface area contributed by atoms with Gasteiger partial charge in [0.25, 0.3) is 0 Å². The highest BCUT2D eigenvalue weighted by Crippen LogP contribution is 2.48. The number of nitrogens with zero attached hydrogens (tertiary/aromatic N) is 3. The fourth-order valence-electron chi connectivity index (χ4n) is 3.19. The lowest BCUT2D eigenvalue weighted by Gasteiger charge is -2.22. The van der Waals surface area contributed by atoms with Crippen molar-refractivity contribution in [1.82, 2.24) is 9.78 Å². The molecule has 114 valence electrons. The number of aryl methyl sites for hydroxylation is 2. The topological polar surface area (TPSA) is 58.7 Å². The first-order valence-electron chi connectivity index (χ1n) is 7.51. The molecule has 0 amide bonds. The second-order valence-corrected chi connectivity index (χ2v) is 6.84. The molecule has 2 rings (SSSR count). The number of carbonyl (C=O) groups excluding carboxylic acids is 1. The Kier molecular flexibility index (Phi) is 4.17. The summed E-state index contributed by atoms with van der Waals surface area (Å²) in [5, 5.41) is 14.8. The summed E-state index contributed by atoms with van der Waals surface area (Å²) in [5.41, 5.74) is 0.285. The van der Waals surface area contributed by atoms with Crippen molar-refractivity contribution in [3.05, 3.63) is 16.4 Å². The molecule has 1 aromatic heterocycles. The van der Waals surface area contributed by atoms with Gasteiger partial charge in [0, 0.05) is 18.4 Å². The molecule has 21 heavy (non-hydrogen) atoms. The van der Waals surface area contributed by atoms with Crippen molar-refractivity contribution in [2.75, 3.05) is 0 Å². The zero-order valence-electron chi connectivity index (χ0n) is 13.2. The smallest absolute Gasteiger partial charge is 0.159 e. The van der Waals surface area contributed by atoms with Crippen molar-refractivity contribution >= 4 is 17.4 Å². The number of hydrogen-bond acceptors (Lipinski definition) is 3. The van der Waals surface area contributed by atoms with Crippen LogP contribution in [0.2, 0.25) is 5.02 Å². The van der Waals surface area contributed by atoms with E-state index in [1.54, 1.807) is 0 Å². The van der Waals surface area contributed by atoms with Crippen LogP contribution in [0.25, 0.3) is 0 Å². The van der Waals surface area contributed by atoms with Crippen LogP contribution in [-0.2, 0) is 24.2 Å². The molecule has 0 aliphatic heterocycles. The Balaban J connectivity index is 2.44. The minimum absolute atomic E-state index is 0.0375. The van der Waals surface area contributed by atoms with E-state index >= 15 is 0 Å². The summed E-state index contributed by atoms with van der Waals surface area (Å²) in [6.45, 7) is 8.52. The van der Waals surface area contributed by atoms with E-state index in [0.29, 0.717) is 24.4 Å². The summed E-state index contributed by atoms with van der Waals surface area (Å²) < 4.78 is 1.83. The molecule has 0 radical (unpaired) electrons. The number of halogens is 1. The van der Waals surface area contributed by atoms with E-state index in [1.165, 1.54) is 0 Å². The van der Waals surface area contributed by atoms with Gasteiger partial charge in [-0.25, -0.2) is 0 Å². The van der Waals surface area contributed by atoms with Crippen LogP contribution in [0.5, 0.6) is 0 Å². The molecule has 0 aromatic carbocycles. The molecule has 1 aliphatic rings. The van der Waals surface area contributed by atoms with E-state index < -0.39 is 10.8 Å². The third-order valence-electron chi connectivity index (χ3n) is 4.60. The van der Waals surface area contributed by atoms with Gasteiger partial charge in [0.1, 0.15) is 5.41 Å². The SMILES string of the molecule is CCc1nn(CC)c(CC2(C#N)CCC(C)(C)C2=O)c1Cl. The lowest BCUT2D eigenvalue weighted by Crippen LogP contribution is -2.33. The van der Waals surface area contributed by atoms with Gasteiger partial charge >= 0.3 is 0 Å². The normalized spacial score (nSPS) is 24.3. The van der Waals surface area contributed by atoms with Crippen LogP contribution in [-0.4, -0.2) is 15.6 Å². The Hall–Kier alpha value is -1.34. The molecule has 1 saturated carbocycles. The molecule has 1 aromatic rings. The van der Waals surface area contributed by atoms with Crippen molar-refractivity contribution in [3.8, 4) is 6.07 Å². The zero-order valence-corrected chi connectivity index (χ0v) is 13.9. The average Bonchev–Trinajstić information content (AvgIpc) is 2.89. The van der Waals surface area contributed by atoms with Crippen LogP contribution in [0.3, 0.4) is 0 Å². The lowest BCUT2D eigenvalue weighted by atomic mass is 9.78. The quantitative estimate of drug-likeness (QED) is 0.854. The van der Waals surface area contributed by atoms with Crippen molar-refractivity contribution in [1.29, 1.82) is 5.26 Å². The van der Waals surface area contributed by atoms with Gasteiger partial charge in [0.15, 0.2) is 5.78 Å². The van der Waals surface area contributed by atoms with Crippen LogP contribution in [0.15, 0.2) is 0 Å². The summed E-state index contributed by atoms with van der Waals surface area (Å²) in [7, 11) is 0. The maximum Gasteiger partial charge on any atom is 0.159 e. The number of hydrogen-bond donors (Lipinski definition) is 0. The molecule has 0 N–H and O–H groups in total. The van der Waals surface area contributed by atoms with Gasteiger partial charge in [-0.2, -0.15) is 10.4 Å². The predicted octanol–water partition coefficient (Wildman–Crippen LogP) is 3.56. The van der Waals surface area contributed by atoms with E-state index in [0.717, 1.165) is 24.2 Å². The number of rotatable bonds is 4. The van der Waals surface area contributed by atoms with Gasteiger partial charge < -0.3 is 0 Å². The number of ketones is 1. The maximum absolute atomic E-state index is 12.7. The molecule has 0 bridgehead atoms. The number of carbonyl (C=O) groups is 1. The number of nitriles is 1. The van der Waals surface area contributed by atoms with Crippen molar-refractivity contribution in [2.45, 2.75) is 59.9 Å². The Labute approximate surface area is 131 Å². The van der Waals surface area contributed by atoms with Crippen LogP contribution in [0.1, 0.15) is 51.9 Å². The number of Topliss-reactive ketones (excluding diaryl/α,β-unsaturated/α-hetero) is 1. The zero-order chi connectivity index (χ0) is 15.8. The minimum atomic E-state index is -0.953. The van der Waals surface area contributed by atoms with Crippen LogP contribution in [0, 0.1) is 22.2 Å².